The molecular formula is C6H6BrF3O2. The smallest absolute Gasteiger partial charge is 0.455 e. The molecule has 0 amide bonds. The van der Waals surface area contributed by atoms with Crippen LogP contribution in [0.1, 0.15) is 6.92 Å². The molecule has 0 aliphatic heterocycles. The van der Waals surface area contributed by atoms with E-state index in [9.17, 15) is 18.0 Å². The molecular weight excluding hydrogens is 241 g/mol. The fourth-order valence-electron chi connectivity index (χ4n) is 0.345. The summed E-state index contributed by atoms with van der Waals surface area (Å²) < 4.78 is 38.8. The zero-order valence-corrected chi connectivity index (χ0v) is 7.70. The van der Waals surface area contributed by atoms with Crippen molar-refractivity contribution >= 4 is 21.7 Å². The van der Waals surface area contributed by atoms with E-state index in [2.05, 4.69) is 20.7 Å². The second-order valence-corrected chi connectivity index (χ2v) is 2.60. The maximum atomic E-state index is 11.7. The number of ketones is 1. The summed E-state index contributed by atoms with van der Waals surface area (Å²) in [4.78, 5) is 10.4. The van der Waals surface area contributed by atoms with Crippen molar-refractivity contribution in [3.8, 4) is 0 Å². The molecule has 0 fully saturated rings. The number of Topliss-reactive ketones (excluding diaryl/α,β-unsaturated/α-hetero) is 1. The third-order valence-electron chi connectivity index (χ3n) is 0.828. The van der Waals surface area contributed by atoms with Gasteiger partial charge < -0.3 is 4.74 Å². The number of ether oxygens (including phenoxy) is 1. The lowest BCUT2D eigenvalue weighted by molar-refractivity contribution is -0.165. The van der Waals surface area contributed by atoms with Crippen molar-refractivity contribution in [2.75, 3.05) is 6.61 Å². The van der Waals surface area contributed by atoms with E-state index in [0.29, 0.717) is 0 Å². The Bertz CT molecular complexity index is 197. The highest BCUT2D eigenvalue weighted by Gasteiger charge is 2.40. The lowest BCUT2D eigenvalue weighted by Gasteiger charge is -2.03. The largest absolute Gasteiger partial charge is 0.500 e. The quantitative estimate of drug-likeness (QED) is 0.565. The molecule has 6 heteroatoms. The van der Waals surface area contributed by atoms with Gasteiger partial charge in [-0.05, 0) is 22.9 Å². The van der Waals surface area contributed by atoms with E-state index >= 15 is 0 Å². The van der Waals surface area contributed by atoms with Crippen molar-refractivity contribution < 1.29 is 22.7 Å². The van der Waals surface area contributed by atoms with E-state index < -0.39 is 16.4 Å². The van der Waals surface area contributed by atoms with Gasteiger partial charge in [0.25, 0.3) is 5.78 Å². The minimum absolute atomic E-state index is 0.209. The molecule has 0 aliphatic carbocycles. The highest BCUT2D eigenvalue weighted by atomic mass is 79.9. The topological polar surface area (TPSA) is 26.3 Å². The van der Waals surface area contributed by atoms with Crippen LogP contribution in [-0.4, -0.2) is 18.6 Å². The van der Waals surface area contributed by atoms with Crippen molar-refractivity contribution in [3.63, 3.8) is 0 Å². The van der Waals surface area contributed by atoms with Crippen LogP contribution in [0.5, 0.6) is 0 Å². The number of halogens is 4. The van der Waals surface area contributed by atoms with Gasteiger partial charge in [-0.1, -0.05) is 0 Å². The van der Waals surface area contributed by atoms with Crippen molar-refractivity contribution in [3.05, 3.63) is 10.7 Å². The Kier molecular flexibility index (Phi) is 4.30. The molecule has 0 spiro atoms. The van der Waals surface area contributed by atoms with E-state index in [1.165, 1.54) is 0 Å². The number of alkyl halides is 3. The summed E-state index contributed by atoms with van der Waals surface area (Å²) >= 11 is 2.45. The Morgan fingerprint density at radius 2 is 2.08 bits per heavy atom. The number of hydrogen-bond donors (Lipinski definition) is 0. The van der Waals surface area contributed by atoms with Crippen LogP contribution in [0, 0.1) is 0 Å². The number of hydrogen-bond acceptors (Lipinski definition) is 2. The molecule has 0 aromatic carbocycles. The fraction of sp³-hybridized carbons (Fsp3) is 0.500. The maximum absolute atomic E-state index is 11.7. The summed E-state index contributed by atoms with van der Waals surface area (Å²) in [6.07, 6.45) is -4.12. The SMILES string of the molecule is CCOC=C(Br)C(=O)C(F)(F)F. The standard InChI is InChI=1S/C6H6BrF3O2/c1-2-12-3-4(7)5(11)6(8,9)10/h3H,2H2,1H3. The Hall–Kier alpha value is -0.520. The summed E-state index contributed by atoms with van der Waals surface area (Å²) in [6, 6.07) is 0. The molecule has 0 N–H and O–H groups in total. The highest BCUT2D eigenvalue weighted by Crippen LogP contribution is 2.23. The van der Waals surface area contributed by atoms with E-state index in [0.717, 1.165) is 6.26 Å². The zero-order valence-electron chi connectivity index (χ0n) is 6.11. The first kappa shape index (κ1) is 11.5. The van der Waals surface area contributed by atoms with Crippen LogP contribution >= 0.6 is 15.9 Å². The minimum atomic E-state index is -4.85. The van der Waals surface area contributed by atoms with Gasteiger partial charge in [0.1, 0.15) is 10.7 Å². The molecule has 0 aliphatic rings. The van der Waals surface area contributed by atoms with E-state index in [1.54, 1.807) is 6.92 Å². The molecule has 0 heterocycles. The summed E-state index contributed by atoms with van der Waals surface area (Å²) in [5.41, 5.74) is 0. The predicted octanol–water partition coefficient (Wildman–Crippen LogP) is 2.39. The highest BCUT2D eigenvalue weighted by molar-refractivity contribution is 9.12. The normalized spacial score (nSPS) is 12.9. The van der Waals surface area contributed by atoms with Gasteiger partial charge >= 0.3 is 6.18 Å². The third kappa shape index (κ3) is 3.75. The molecule has 0 rings (SSSR count). The van der Waals surface area contributed by atoms with Crippen LogP contribution < -0.4 is 0 Å². The lowest BCUT2D eigenvalue weighted by Crippen LogP contribution is -2.22. The van der Waals surface area contributed by atoms with Gasteiger partial charge in [-0.25, -0.2) is 0 Å². The second kappa shape index (κ2) is 4.49. The Morgan fingerprint density at radius 1 is 1.58 bits per heavy atom. The van der Waals surface area contributed by atoms with Gasteiger partial charge in [0, 0.05) is 0 Å². The van der Waals surface area contributed by atoms with E-state index in [4.69, 9.17) is 0 Å². The molecule has 0 unspecified atom stereocenters. The van der Waals surface area contributed by atoms with E-state index in [1.807, 2.05) is 0 Å². The van der Waals surface area contributed by atoms with Crippen molar-refractivity contribution in [1.82, 2.24) is 0 Å². The monoisotopic (exact) mass is 246 g/mol. The predicted molar refractivity (Wildman–Crippen MR) is 39.7 cm³/mol. The molecule has 0 radical (unpaired) electrons. The number of rotatable bonds is 3. The number of allylic oxidation sites excluding steroid dienone is 1. The molecule has 0 aromatic heterocycles. The second-order valence-electron chi connectivity index (χ2n) is 1.75. The molecule has 2 nitrogen and oxygen atoms in total. The Labute approximate surface area is 75.5 Å². The van der Waals surface area contributed by atoms with Gasteiger partial charge in [-0.3, -0.25) is 4.79 Å². The van der Waals surface area contributed by atoms with Crippen LogP contribution in [0.15, 0.2) is 10.7 Å². The molecule has 70 valence electrons. The van der Waals surface area contributed by atoms with Crippen LogP contribution in [0.4, 0.5) is 13.2 Å². The van der Waals surface area contributed by atoms with Crippen molar-refractivity contribution in [1.29, 1.82) is 0 Å². The molecule has 0 bridgehead atoms. The van der Waals surface area contributed by atoms with Crippen molar-refractivity contribution in [2.45, 2.75) is 13.1 Å². The average molecular weight is 247 g/mol. The number of carbonyl (C=O) groups is 1. The van der Waals surface area contributed by atoms with Crippen molar-refractivity contribution in [2.24, 2.45) is 0 Å². The van der Waals surface area contributed by atoms with Gasteiger partial charge in [0.15, 0.2) is 0 Å². The van der Waals surface area contributed by atoms with E-state index in [-0.39, 0.29) is 6.61 Å². The summed E-state index contributed by atoms with van der Waals surface area (Å²) in [6.45, 7) is 1.80. The molecule has 0 atom stereocenters. The number of carbonyl (C=O) groups excluding carboxylic acids is 1. The van der Waals surface area contributed by atoms with Crippen LogP contribution in [0.25, 0.3) is 0 Å². The zero-order chi connectivity index (χ0) is 9.78. The summed E-state index contributed by atoms with van der Waals surface area (Å²) in [7, 11) is 0. The first-order valence-corrected chi connectivity index (χ1v) is 3.77. The van der Waals surface area contributed by atoms with Crippen LogP contribution in [0.3, 0.4) is 0 Å². The summed E-state index contributed by atoms with van der Waals surface area (Å²) in [5, 5.41) is 0. The third-order valence-corrected chi connectivity index (χ3v) is 1.37. The maximum Gasteiger partial charge on any atom is 0.455 e. The molecule has 12 heavy (non-hydrogen) atoms. The average Bonchev–Trinajstić information content (AvgIpc) is 1.97. The van der Waals surface area contributed by atoms with Crippen LogP contribution in [-0.2, 0) is 9.53 Å². The van der Waals surface area contributed by atoms with Gasteiger partial charge in [0.2, 0.25) is 0 Å². The summed E-state index contributed by atoms with van der Waals surface area (Å²) in [5.74, 6) is -1.95. The molecule has 0 aromatic rings. The molecule has 0 saturated carbocycles. The molecule has 0 saturated heterocycles. The lowest BCUT2D eigenvalue weighted by atomic mass is 10.4. The van der Waals surface area contributed by atoms with Gasteiger partial charge in [-0.15, -0.1) is 0 Å². The first-order chi connectivity index (χ1) is 5.39. The van der Waals surface area contributed by atoms with Gasteiger partial charge in [-0.2, -0.15) is 13.2 Å². The van der Waals surface area contributed by atoms with Gasteiger partial charge in [0.05, 0.1) is 6.61 Å². The Balaban J connectivity index is 4.30. The first-order valence-electron chi connectivity index (χ1n) is 2.98. The minimum Gasteiger partial charge on any atom is -0.500 e. The fourth-order valence-corrected chi connectivity index (χ4v) is 0.702. The Morgan fingerprint density at radius 3 is 2.42 bits per heavy atom. The van der Waals surface area contributed by atoms with Crippen LogP contribution in [0.2, 0.25) is 0 Å².